The van der Waals surface area contributed by atoms with Crippen molar-refractivity contribution in [3.8, 4) is 0 Å². The van der Waals surface area contributed by atoms with Crippen molar-refractivity contribution in [2.75, 3.05) is 12.3 Å². The zero-order valence-corrected chi connectivity index (χ0v) is 11.3. The van der Waals surface area contributed by atoms with Gasteiger partial charge in [0.05, 0.1) is 12.1 Å². The number of para-hydroxylation sites is 1. The summed E-state index contributed by atoms with van der Waals surface area (Å²) in [4.78, 5) is 36.6. The number of Topliss-reactive ketones (excluding diaryl/α,β-unsaturated/α-hetero) is 1. The van der Waals surface area contributed by atoms with Crippen LogP contribution in [-0.2, 0) is 4.79 Å². The summed E-state index contributed by atoms with van der Waals surface area (Å²) in [6.07, 6.45) is 1.66. The highest BCUT2D eigenvalue weighted by molar-refractivity contribution is 8.13. The van der Waals surface area contributed by atoms with Crippen molar-refractivity contribution in [2.45, 2.75) is 6.42 Å². The summed E-state index contributed by atoms with van der Waals surface area (Å²) < 4.78 is 5.30. The van der Waals surface area contributed by atoms with E-state index in [2.05, 4.69) is 0 Å². The van der Waals surface area contributed by atoms with Crippen LogP contribution in [0.2, 0.25) is 0 Å². The third kappa shape index (κ3) is 2.22. The summed E-state index contributed by atoms with van der Waals surface area (Å²) in [5.74, 6) is -0.106. The van der Waals surface area contributed by atoms with E-state index in [9.17, 15) is 14.4 Å². The second-order valence-electron chi connectivity index (χ2n) is 4.41. The molecule has 1 aromatic heterocycles. The predicted molar refractivity (Wildman–Crippen MR) is 74.7 cm³/mol. The number of nitrogens with zero attached hydrogens (tertiary/aromatic N) is 1. The summed E-state index contributed by atoms with van der Waals surface area (Å²) in [6, 6.07) is 7.16. The minimum atomic E-state index is -0.359. The first-order chi connectivity index (χ1) is 9.66. The second-order valence-corrected chi connectivity index (χ2v) is 5.46. The Morgan fingerprint density at radius 3 is 2.90 bits per heavy atom. The lowest BCUT2D eigenvalue weighted by Crippen LogP contribution is -2.41. The maximum atomic E-state index is 12.3. The Morgan fingerprint density at radius 1 is 1.30 bits per heavy atom. The maximum Gasteiger partial charge on any atom is 0.288 e. The van der Waals surface area contributed by atoms with Gasteiger partial charge in [-0.15, -0.1) is 0 Å². The van der Waals surface area contributed by atoms with Gasteiger partial charge in [-0.2, -0.15) is 0 Å². The van der Waals surface area contributed by atoms with E-state index in [1.807, 2.05) is 12.1 Å². The van der Waals surface area contributed by atoms with Gasteiger partial charge in [0.1, 0.15) is 11.8 Å². The molecular weight excluding hydrogens is 278 g/mol. The molecule has 2 heterocycles. The normalized spacial score (nSPS) is 15.9. The molecule has 6 heteroatoms. The van der Waals surface area contributed by atoms with Crippen molar-refractivity contribution in [3.63, 3.8) is 0 Å². The van der Waals surface area contributed by atoms with E-state index in [-0.39, 0.29) is 29.9 Å². The quantitative estimate of drug-likeness (QED) is 0.813. The number of imide groups is 1. The standard InChI is InChI=1S/C14H11NO4S/c16-11(7-15-13(17)5-6-20-14(15)18)10-8-19-12-4-2-1-3-9(10)12/h1-4,8H,5-7H2. The Bertz CT molecular complexity index is 690. The largest absolute Gasteiger partial charge is 0.464 e. The Morgan fingerprint density at radius 2 is 2.10 bits per heavy atom. The Kier molecular flexibility index (Phi) is 3.31. The molecule has 0 aliphatic carbocycles. The smallest absolute Gasteiger partial charge is 0.288 e. The molecule has 0 radical (unpaired) electrons. The van der Waals surface area contributed by atoms with E-state index >= 15 is 0 Å². The summed E-state index contributed by atoms with van der Waals surface area (Å²) in [5, 5.41) is 0.337. The van der Waals surface area contributed by atoms with Gasteiger partial charge in [0, 0.05) is 17.6 Å². The number of ketones is 1. The monoisotopic (exact) mass is 289 g/mol. The fourth-order valence-corrected chi connectivity index (χ4v) is 2.89. The second kappa shape index (κ2) is 5.13. The van der Waals surface area contributed by atoms with Crippen molar-refractivity contribution in [1.29, 1.82) is 0 Å². The van der Waals surface area contributed by atoms with Crippen LogP contribution in [0.15, 0.2) is 34.9 Å². The highest BCUT2D eigenvalue weighted by Gasteiger charge is 2.29. The van der Waals surface area contributed by atoms with E-state index in [1.165, 1.54) is 6.26 Å². The third-order valence-electron chi connectivity index (χ3n) is 3.15. The summed E-state index contributed by atoms with van der Waals surface area (Å²) >= 11 is 1.06. The van der Waals surface area contributed by atoms with Crippen molar-refractivity contribution in [3.05, 3.63) is 36.1 Å². The fourth-order valence-electron chi connectivity index (χ4n) is 2.12. The molecule has 1 fully saturated rings. The van der Waals surface area contributed by atoms with Crippen LogP contribution in [0, 0.1) is 0 Å². The van der Waals surface area contributed by atoms with Crippen molar-refractivity contribution < 1.29 is 18.8 Å². The van der Waals surface area contributed by atoms with E-state index < -0.39 is 0 Å². The highest BCUT2D eigenvalue weighted by atomic mass is 32.2. The van der Waals surface area contributed by atoms with Crippen LogP contribution in [0.4, 0.5) is 4.79 Å². The minimum Gasteiger partial charge on any atom is -0.464 e. The number of hydrogen-bond acceptors (Lipinski definition) is 5. The first-order valence-electron chi connectivity index (χ1n) is 6.13. The zero-order chi connectivity index (χ0) is 14.1. The lowest BCUT2D eigenvalue weighted by Gasteiger charge is -2.23. The molecule has 1 aromatic carbocycles. The van der Waals surface area contributed by atoms with Gasteiger partial charge in [-0.1, -0.05) is 30.0 Å². The number of furan rings is 1. The molecule has 1 saturated heterocycles. The van der Waals surface area contributed by atoms with Crippen molar-refractivity contribution >= 4 is 39.7 Å². The maximum absolute atomic E-state index is 12.3. The van der Waals surface area contributed by atoms with Gasteiger partial charge < -0.3 is 4.42 Å². The molecule has 5 nitrogen and oxygen atoms in total. The molecule has 0 unspecified atom stereocenters. The van der Waals surface area contributed by atoms with Crippen LogP contribution in [0.3, 0.4) is 0 Å². The number of benzene rings is 1. The lowest BCUT2D eigenvalue weighted by molar-refractivity contribution is -0.127. The number of fused-ring (bicyclic) bond motifs is 1. The van der Waals surface area contributed by atoms with E-state index in [0.29, 0.717) is 22.3 Å². The van der Waals surface area contributed by atoms with Crippen LogP contribution in [0.25, 0.3) is 11.0 Å². The van der Waals surface area contributed by atoms with Gasteiger partial charge in [0.25, 0.3) is 5.24 Å². The van der Waals surface area contributed by atoms with Gasteiger partial charge in [-0.25, -0.2) is 0 Å². The SMILES string of the molecule is O=C(CN1C(=O)CCSC1=O)c1coc2ccccc12. The van der Waals surface area contributed by atoms with Crippen molar-refractivity contribution in [1.82, 2.24) is 4.90 Å². The molecule has 1 aliphatic heterocycles. The number of thioether (sulfide) groups is 1. The molecule has 0 spiro atoms. The molecule has 3 rings (SSSR count). The van der Waals surface area contributed by atoms with E-state index in [4.69, 9.17) is 4.42 Å². The molecule has 1 aliphatic rings. The number of carbonyl (C=O) groups is 3. The van der Waals surface area contributed by atoms with Crippen LogP contribution in [0.1, 0.15) is 16.8 Å². The topological polar surface area (TPSA) is 67.6 Å². The first-order valence-corrected chi connectivity index (χ1v) is 7.12. The van der Waals surface area contributed by atoms with Gasteiger partial charge in [0.15, 0.2) is 5.78 Å². The molecule has 0 atom stereocenters. The molecule has 2 aromatic rings. The van der Waals surface area contributed by atoms with Gasteiger partial charge in [0.2, 0.25) is 5.91 Å². The van der Waals surface area contributed by atoms with Crippen LogP contribution < -0.4 is 0 Å². The highest BCUT2D eigenvalue weighted by Crippen LogP contribution is 2.23. The Balaban J connectivity index is 1.86. The first kappa shape index (κ1) is 12.9. The Labute approximate surface area is 118 Å². The molecular formula is C14H11NO4S. The van der Waals surface area contributed by atoms with Crippen LogP contribution in [-0.4, -0.2) is 34.1 Å². The lowest BCUT2D eigenvalue weighted by atomic mass is 10.1. The van der Waals surface area contributed by atoms with Gasteiger partial charge in [-0.05, 0) is 6.07 Å². The number of carbonyl (C=O) groups excluding carboxylic acids is 3. The molecule has 2 amide bonds. The number of rotatable bonds is 3. The number of amides is 2. The van der Waals surface area contributed by atoms with E-state index in [1.54, 1.807) is 12.1 Å². The Hall–Kier alpha value is -2.08. The zero-order valence-electron chi connectivity index (χ0n) is 10.5. The average molecular weight is 289 g/mol. The molecule has 0 saturated carbocycles. The van der Waals surface area contributed by atoms with Gasteiger partial charge in [-0.3, -0.25) is 19.3 Å². The van der Waals surface area contributed by atoms with Crippen LogP contribution >= 0.6 is 11.8 Å². The van der Waals surface area contributed by atoms with Crippen LogP contribution in [0.5, 0.6) is 0 Å². The minimum absolute atomic E-state index is 0.228. The molecule has 0 N–H and O–H groups in total. The fraction of sp³-hybridized carbons (Fsp3) is 0.214. The van der Waals surface area contributed by atoms with Gasteiger partial charge >= 0.3 is 0 Å². The molecule has 20 heavy (non-hydrogen) atoms. The summed E-state index contributed by atoms with van der Waals surface area (Å²) in [5.41, 5.74) is 1.01. The average Bonchev–Trinajstić information content (AvgIpc) is 2.87. The summed E-state index contributed by atoms with van der Waals surface area (Å²) in [6.45, 7) is -0.228. The van der Waals surface area contributed by atoms with E-state index in [0.717, 1.165) is 16.7 Å². The third-order valence-corrected chi connectivity index (χ3v) is 4.02. The molecule has 0 bridgehead atoms. The molecule has 102 valence electrons. The van der Waals surface area contributed by atoms with Crippen molar-refractivity contribution in [2.24, 2.45) is 0 Å². The summed E-state index contributed by atoms with van der Waals surface area (Å²) in [7, 11) is 0. The number of hydrogen-bond donors (Lipinski definition) is 0. The predicted octanol–water partition coefficient (Wildman–Crippen LogP) is 2.70.